The predicted molar refractivity (Wildman–Crippen MR) is 78.6 cm³/mol. The average molecular weight is 294 g/mol. The molecule has 1 heterocycles. The summed E-state index contributed by atoms with van der Waals surface area (Å²) in [5.41, 5.74) is 0.00921. The van der Waals surface area contributed by atoms with Crippen molar-refractivity contribution in [3.63, 3.8) is 0 Å². The molecular formula is C13H18N4O4. The molecule has 0 aliphatic carbocycles. The minimum absolute atomic E-state index is 0.200. The van der Waals surface area contributed by atoms with Crippen LogP contribution in [-0.4, -0.2) is 36.5 Å². The van der Waals surface area contributed by atoms with E-state index < -0.39 is 9.85 Å². The molecule has 1 fully saturated rings. The van der Waals surface area contributed by atoms with Crippen LogP contribution in [0.3, 0.4) is 0 Å². The molecule has 0 saturated carbocycles. The van der Waals surface area contributed by atoms with Crippen molar-refractivity contribution in [2.24, 2.45) is 5.92 Å². The fourth-order valence-electron chi connectivity index (χ4n) is 2.78. The van der Waals surface area contributed by atoms with Gasteiger partial charge in [0.1, 0.15) is 5.69 Å². The first-order valence-corrected chi connectivity index (χ1v) is 6.85. The smallest absolute Gasteiger partial charge is 0.299 e. The first-order chi connectivity index (χ1) is 10.0. The van der Waals surface area contributed by atoms with Crippen molar-refractivity contribution in [3.05, 3.63) is 38.4 Å². The lowest BCUT2D eigenvalue weighted by molar-refractivity contribution is -0.393. The molecule has 21 heavy (non-hydrogen) atoms. The summed E-state index contributed by atoms with van der Waals surface area (Å²) >= 11 is 0. The van der Waals surface area contributed by atoms with Gasteiger partial charge in [-0.1, -0.05) is 0 Å². The minimum Gasteiger partial charge on any atom is -0.366 e. The number of benzene rings is 1. The van der Waals surface area contributed by atoms with Gasteiger partial charge in [0.2, 0.25) is 0 Å². The third kappa shape index (κ3) is 3.46. The van der Waals surface area contributed by atoms with Gasteiger partial charge in [-0.3, -0.25) is 20.2 Å². The molecule has 1 atom stereocenters. The highest BCUT2D eigenvalue weighted by Gasteiger charge is 2.27. The highest BCUT2D eigenvalue weighted by atomic mass is 16.6. The van der Waals surface area contributed by atoms with Gasteiger partial charge >= 0.3 is 0 Å². The number of piperidine rings is 1. The van der Waals surface area contributed by atoms with Crippen molar-refractivity contribution in [2.75, 3.05) is 31.6 Å². The van der Waals surface area contributed by atoms with Crippen LogP contribution in [0.1, 0.15) is 12.8 Å². The second-order valence-corrected chi connectivity index (χ2v) is 5.20. The maximum absolute atomic E-state index is 11.2. The Hall–Kier alpha value is -2.22. The first kappa shape index (κ1) is 15.2. The zero-order chi connectivity index (χ0) is 15.4. The van der Waals surface area contributed by atoms with Crippen molar-refractivity contribution in [3.8, 4) is 0 Å². The lowest BCUT2D eigenvalue weighted by Crippen LogP contribution is -2.39. The molecule has 0 amide bonds. The van der Waals surface area contributed by atoms with Crippen LogP contribution in [0.4, 0.5) is 17.1 Å². The van der Waals surface area contributed by atoms with Gasteiger partial charge in [-0.2, -0.15) is 0 Å². The molecule has 1 saturated heterocycles. The summed E-state index contributed by atoms with van der Waals surface area (Å²) < 4.78 is 0. The van der Waals surface area contributed by atoms with E-state index in [0.717, 1.165) is 38.5 Å². The molecule has 1 aromatic rings. The van der Waals surface area contributed by atoms with E-state index in [2.05, 4.69) is 5.32 Å². The fraction of sp³-hybridized carbons (Fsp3) is 0.538. The van der Waals surface area contributed by atoms with Crippen LogP contribution in [0, 0.1) is 26.1 Å². The number of hydrogen-bond acceptors (Lipinski definition) is 6. The van der Waals surface area contributed by atoms with Crippen molar-refractivity contribution in [2.45, 2.75) is 12.8 Å². The van der Waals surface area contributed by atoms with E-state index in [1.54, 1.807) is 0 Å². The molecular weight excluding hydrogens is 276 g/mol. The average Bonchev–Trinajstić information content (AvgIpc) is 2.47. The van der Waals surface area contributed by atoms with E-state index >= 15 is 0 Å². The largest absolute Gasteiger partial charge is 0.366 e. The predicted octanol–water partition coefficient (Wildman–Crippen LogP) is 1.94. The Labute approximate surface area is 122 Å². The van der Waals surface area contributed by atoms with Gasteiger partial charge in [-0.05, 0) is 38.4 Å². The molecule has 0 radical (unpaired) electrons. The molecule has 0 bridgehead atoms. The van der Waals surface area contributed by atoms with Crippen LogP contribution in [0.2, 0.25) is 0 Å². The molecule has 2 rings (SSSR count). The summed E-state index contributed by atoms with van der Waals surface area (Å²) in [6.45, 7) is 2.32. The zero-order valence-corrected chi connectivity index (χ0v) is 11.8. The number of hydrogen-bond donors (Lipinski definition) is 1. The Kier molecular flexibility index (Phi) is 4.69. The second-order valence-electron chi connectivity index (χ2n) is 5.20. The molecule has 0 spiro atoms. The third-order valence-electron chi connectivity index (χ3n) is 3.72. The van der Waals surface area contributed by atoms with E-state index in [1.807, 2.05) is 11.9 Å². The number of nitro benzene ring substituents is 2. The molecule has 1 aliphatic rings. The number of anilines is 1. The van der Waals surface area contributed by atoms with Crippen molar-refractivity contribution < 1.29 is 9.85 Å². The van der Waals surface area contributed by atoms with E-state index in [9.17, 15) is 20.2 Å². The monoisotopic (exact) mass is 294 g/mol. The fourth-order valence-corrected chi connectivity index (χ4v) is 2.78. The van der Waals surface area contributed by atoms with Crippen LogP contribution >= 0.6 is 0 Å². The van der Waals surface area contributed by atoms with Gasteiger partial charge in [0.15, 0.2) is 0 Å². The number of non-ortho nitro benzene ring substituents is 1. The van der Waals surface area contributed by atoms with Gasteiger partial charge in [-0.25, -0.2) is 0 Å². The first-order valence-electron chi connectivity index (χ1n) is 6.85. The standard InChI is InChI=1S/C13H18N4O4/c1-14-8-10-3-2-6-15(9-10)12-5-4-11(16(18)19)7-13(12)17(20)21/h4-5,7,10,14H,2-3,6,8-9H2,1H3. The van der Waals surface area contributed by atoms with Gasteiger partial charge in [-0.15, -0.1) is 0 Å². The molecule has 8 heteroatoms. The second kappa shape index (κ2) is 6.49. The minimum atomic E-state index is -0.614. The highest BCUT2D eigenvalue weighted by Crippen LogP contribution is 2.34. The van der Waals surface area contributed by atoms with Crippen molar-refractivity contribution >= 4 is 17.1 Å². The van der Waals surface area contributed by atoms with Crippen LogP contribution in [0.5, 0.6) is 0 Å². The summed E-state index contributed by atoms with van der Waals surface area (Å²) in [5.74, 6) is 0.429. The van der Waals surface area contributed by atoms with Crippen LogP contribution in [0.15, 0.2) is 18.2 Å². The topological polar surface area (TPSA) is 102 Å². The van der Waals surface area contributed by atoms with Crippen LogP contribution in [-0.2, 0) is 0 Å². The zero-order valence-electron chi connectivity index (χ0n) is 11.8. The van der Waals surface area contributed by atoms with Crippen LogP contribution < -0.4 is 10.2 Å². The normalized spacial score (nSPS) is 18.5. The van der Waals surface area contributed by atoms with E-state index in [-0.39, 0.29) is 11.4 Å². The number of nitro groups is 2. The molecule has 8 nitrogen and oxygen atoms in total. The maximum atomic E-state index is 11.2. The SMILES string of the molecule is CNCC1CCCN(c2ccc([N+](=O)[O-])cc2[N+](=O)[O-])C1. The van der Waals surface area contributed by atoms with Crippen LogP contribution in [0.25, 0.3) is 0 Å². The molecule has 1 aliphatic heterocycles. The summed E-state index contributed by atoms with van der Waals surface area (Å²) in [4.78, 5) is 22.7. The third-order valence-corrected chi connectivity index (χ3v) is 3.72. The Bertz CT molecular complexity index is 547. The summed E-state index contributed by atoms with van der Waals surface area (Å²) in [5, 5.41) is 25.1. The van der Waals surface area contributed by atoms with Gasteiger partial charge in [0.05, 0.1) is 15.9 Å². The lowest BCUT2D eigenvalue weighted by Gasteiger charge is -2.34. The lowest BCUT2D eigenvalue weighted by atomic mass is 9.97. The summed E-state index contributed by atoms with van der Waals surface area (Å²) in [7, 11) is 1.88. The molecule has 0 aromatic heterocycles. The number of rotatable bonds is 5. The Morgan fingerprint density at radius 2 is 2.10 bits per heavy atom. The molecule has 1 aromatic carbocycles. The van der Waals surface area contributed by atoms with Gasteiger partial charge in [0.25, 0.3) is 11.4 Å². The van der Waals surface area contributed by atoms with Gasteiger partial charge < -0.3 is 10.2 Å². The van der Waals surface area contributed by atoms with Gasteiger partial charge in [0, 0.05) is 19.2 Å². The Morgan fingerprint density at radius 3 is 2.71 bits per heavy atom. The molecule has 1 unspecified atom stereocenters. The van der Waals surface area contributed by atoms with E-state index in [0.29, 0.717) is 11.6 Å². The maximum Gasteiger partial charge on any atom is 0.299 e. The Morgan fingerprint density at radius 1 is 1.33 bits per heavy atom. The number of nitrogens with zero attached hydrogens (tertiary/aromatic N) is 3. The van der Waals surface area contributed by atoms with E-state index in [1.165, 1.54) is 12.1 Å². The summed E-state index contributed by atoms with van der Waals surface area (Å²) in [6.07, 6.45) is 2.04. The molecule has 1 N–H and O–H groups in total. The highest BCUT2D eigenvalue weighted by molar-refractivity contribution is 5.67. The van der Waals surface area contributed by atoms with E-state index in [4.69, 9.17) is 0 Å². The number of nitrogens with one attached hydrogen (secondary N) is 1. The Balaban J connectivity index is 2.29. The van der Waals surface area contributed by atoms with Crippen molar-refractivity contribution in [1.29, 1.82) is 0 Å². The van der Waals surface area contributed by atoms with Crippen molar-refractivity contribution in [1.82, 2.24) is 5.32 Å². The summed E-state index contributed by atoms with van der Waals surface area (Å²) in [6, 6.07) is 3.85. The molecule has 114 valence electrons. The quantitative estimate of drug-likeness (QED) is 0.657.